The summed E-state index contributed by atoms with van der Waals surface area (Å²) < 4.78 is 0. The monoisotopic (exact) mass is 165 g/mol. The number of carbonyl (C=O) groups excluding carboxylic acids is 2. The Hall–Kier alpha value is -1.14. The van der Waals surface area contributed by atoms with Crippen molar-refractivity contribution in [2.45, 2.75) is 13.0 Å². The maximum Gasteiger partial charge on any atom is 0.309 e. The molecule has 0 aromatic carbocycles. The van der Waals surface area contributed by atoms with Crippen LogP contribution in [0, 0.1) is 0 Å². The Balaban J connectivity index is -0.0000000965. The lowest BCUT2D eigenvalue weighted by Crippen LogP contribution is -2.18. The van der Waals surface area contributed by atoms with Crippen molar-refractivity contribution in [2.24, 2.45) is 17.2 Å². The Morgan fingerprint density at radius 1 is 1.55 bits per heavy atom. The molecule has 11 heavy (non-hydrogen) atoms. The molecule has 0 heterocycles. The minimum absolute atomic E-state index is 0.338. The zero-order valence-corrected chi connectivity index (χ0v) is 6.49. The third kappa shape index (κ3) is 564. The first-order chi connectivity index (χ1) is 5.00. The lowest BCUT2D eigenvalue weighted by atomic mass is 10.4. The second kappa shape index (κ2) is 15.9. The van der Waals surface area contributed by atoms with Crippen LogP contribution in [0.15, 0.2) is 0 Å². The Morgan fingerprint density at radius 3 is 1.64 bits per heavy atom. The van der Waals surface area contributed by atoms with Crippen molar-refractivity contribution < 1.29 is 14.7 Å². The maximum absolute atomic E-state index is 9.00. The van der Waals surface area contributed by atoms with Crippen molar-refractivity contribution in [3.05, 3.63) is 0 Å². The molecule has 6 heteroatoms. The van der Waals surface area contributed by atoms with E-state index in [4.69, 9.17) is 20.4 Å². The summed E-state index contributed by atoms with van der Waals surface area (Å²) in [5, 5.41) is 8.24. The number of primary amides is 2. The molecule has 2 amide bonds. The molecule has 0 aromatic heterocycles. The number of hydrogen-bond donors (Lipinski definition) is 4. The number of aliphatic hydroxyl groups excluding tert-OH is 1. The van der Waals surface area contributed by atoms with E-state index >= 15 is 0 Å². The van der Waals surface area contributed by atoms with Gasteiger partial charge < -0.3 is 27.1 Å². The molecule has 0 rings (SSSR count). The van der Waals surface area contributed by atoms with Crippen LogP contribution < -0.4 is 17.2 Å². The van der Waals surface area contributed by atoms with Gasteiger partial charge in [0.15, 0.2) is 0 Å². The van der Waals surface area contributed by atoms with E-state index in [1.54, 1.807) is 6.92 Å². The molecular weight excluding hydrogens is 150 g/mol. The lowest BCUT2D eigenvalue weighted by Gasteiger charge is -1.91. The normalized spacial score (nSPS) is 9.36. The van der Waals surface area contributed by atoms with Crippen molar-refractivity contribution in [1.82, 2.24) is 0 Å². The van der Waals surface area contributed by atoms with Gasteiger partial charge in [0.25, 0.3) is 0 Å². The number of aliphatic hydroxyl groups is 1. The zero-order valence-electron chi connectivity index (χ0n) is 6.49. The first-order valence-electron chi connectivity index (χ1n) is 2.72. The van der Waals surface area contributed by atoms with Gasteiger partial charge in [0.2, 0.25) is 0 Å². The highest BCUT2D eigenvalue weighted by Gasteiger charge is 1.81. The summed E-state index contributed by atoms with van der Waals surface area (Å²) in [7, 11) is 0. The highest BCUT2D eigenvalue weighted by molar-refractivity contribution is 5.69. The molecule has 0 fully saturated rings. The van der Waals surface area contributed by atoms with E-state index < -0.39 is 6.03 Å². The summed E-state index contributed by atoms with van der Waals surface area (Å²) in [5.41, 5.74) is 13.4. The zero-order chi connectivity index (χ0) is 9.86. The van der Waals surface area contributed by atoms with Gasteiger partial charge in [-0.25, -0.2) is 4.79 Å². The van der Waals surface area contributed by atoms with Crippen LogP contribution in [-0.2, 0) is 4.79 Å². The third-order valence-electron chi connectivity index (χ3n) is 0.341. The number of hydrogen-bond acceptors (Lipinski definition) is 4. The summed E-state index contributed by atoms with van der Waals surface area (Å²) >= 11 is 0. The van der Waals surface area contributed by atoms with E-state index in [-0.39, 0.29) is 6.10 Å². The maximum atomic E-state index is 9.00. The standard InChI is InChI=1S/C3H9NO.CH4N2O.CH2O/c1-3(5)2-4;2-1(3)4;1-2/h3,5H,2,4H2,1H3;(H4,2,3,4);1H2. The molecule has 0 aliphatic rings. The summed E-state index contributed by atoms with van der Waals surface area (Å²) in [6.07, 6.45) is -0.338. The van der Waals surface area contributed by atoms with Crippen LogP contribution in [-0.4, -0.2) is 30.6 Å². The van der Waals surface area contributed by atoms with Crippen LogP contribution in [0.4, 0.5) is 4.79 Å². The van der Waals surface area contributed by atoms with Gasteiger partial charge in [0.05, 0.1) is 6.10 Å². The quantitative estimate of drug-likeness (QED) is 0.363. The minimum atomic E-state index is -0.833. The number of urea groups is 1. The van der Waals surface area contributed by atoms with Crippen LogP contribution in [0.5, 0.6) is 0 Å². The predicted octanol–water partition coefficient (Wildman–Crippen LogP) is -1.84. The van der Waals surface area contributed by atoms with Crippen molar-refractivity contribution >= 4 is 12.8 Å². The minimum Gasteiger partial charge on any atom is -0.392 e. The number of nitrogens with two attached hydrogens (primary N) is 3. The summed E-state index contributed by atoms with van der Waals surface area (Å²) in [4.78, 5) is 17.0. The summed E-state index contributed by atoms with van der Waals surface area (Å²) in [6.45, 7) is 4.01. The van der Waals surface area contributed by atoms with Crippen molar-refractivity contribution in [3.8, 4) is 0 Å². The Morgan fingerprint density at radius 2 is 1.64 bits per heavy atom. The van der Waals surface area contributed by atoms with Crippen molar-refractivity contribution in [1.29, 1.82) is 0 Å². The fourth-order valence-electron chi connectivity index (χ4n) is 0. The second-order valence-corrected chi connectivity index (χ2v) is 1.49. The topological polar surface area (TPSA) is 132 Å². The molecule has 1 unspecified atom stereocenters. The molecule has 0 spiro atoms. The van der Waals surface area contributed by atoms with Gasteiger partial charge in [-0.2, -0.15) is 0 Å². The number of amides is 2. The summed E-state index contributed by atoms with van der Waals surface area (Å²) in [6, 6.07) is -0.833. The van der Waals surface area contributed by atoms with E-state index in [0.717, 1.165) is 0 Å². The van der Waals surface area contributed by atoms with E-state index in [1.807, 2.05) is 6.79 Å². The predicted molar refractivity (Wildman–Crippen MR) is 41.6 cm³/mol. The van der Waals surface area contributed by atoms with Gasteiger partial charge in [0.1, 0.15) is 6.79 Å². The van der Waals surface area contributed by atoms with Crippen molar-refractivity contribution in [2.75, 3.05) is 6.54 Å². The molecule has 0 saturated heterocycles. The largest absolute Gasteiger partial charge is 0.392 e. The Kier molecular flexibility index (Phi) is 23.8. The molecule has 0 bridgehead atoms. The molecule has 0 aliphatic carbocycles. The highest BCUT2D eigenvalue weighted by atomic mass is 16.3. The van der Waals surface area contributed by atoms with Gasteiger partial charge in [-0.05, 0) is 6.92 Å². The van der Waals surface area contributed by atoms with Crippen molar-refractivity contribution in [3.63, 3.8) is 0 Å². The van der Waals surface area contributed by atoms with Crippen LogP contribution in [0.25, 0.3) is 0 Å². The molecule has 1 atom stereocenters. The van der Waals surface area contributed by atoms with Gasteiger partial charge in [-0.3, -0.25) is 0 Å². The fourth-order valence-corrected chi connectivity index (χ4v) is 0. The molecule has 68 valence electrons. The Bertz CT molecular complexity index is 83.0. The molecule has 0 aliphatic heterocycles. The molecule has 7 N–H and O–H groups in total. The van der Waals surface area contributed by atoms with E-state index in [9.17, 15) is 0 Å². The van der Waals surface area contributed by atoms with Crippen LogP contribution in [0.1, 0.15) is 6.92 Å². The highest BCUT2D eigenvalue weighted by Crippen LogP contribution is 1.65. The average Bonchev–Trinajstić information content (AvgIpc) is 1.91. The first kappa shape index (κ1) is 16.4. The van der Waals surface area contributed by atoms with E-state index in [1.165, 1.54) is 0 Å². The van der Waals surface area contributed by atoms with Gasteiger partial charge in [0, 0.05) is 6.54 Å². The smallest absolute Gasteiger partial charge is 0.309 e. The van der Waals surface area contributed by atoms with E-state index in [0.29, 0.717) is 6.54 Å². The number of rotatable bonds is 1. The Labute approximate surface area is 65.3 Å². The fraction of sp³-hybridized carbons (Fsp3) is 0.600. The van der Waals surface area contributed by atoms with Crippen LogP contribution in [0.3, 0.4) is 0 Å². The number of carbonyl (C=O) groups is 2. The third-order valence-corrected chi connectivity index (χ3v) is 0.341. The second-order valence-electron chi connectivity index (χ2n) is 1.49. The molecule has 0 saturated carbocycles. The summed E-state index contributed by atoms with van der Waals surface area (Å²) in [5.74, 6) is 0. The van der Waals surface area contributed by atoms with E-state index in [2.05, 4.69) is 11.5 Å². The average molecular weight is 165 g/mol. The molecule has 6 nitrogen and oxygen atoms in total. The molecule has 0 radical (unpaired) electrons. The lowest BCUT2D eigenvalue weighted by molar-refractivity contribution is -0.0979. The van der Waals surface area contributed by atoms with Crippen LogP contribution >= 0.6 is 0 Å². The first-order valence-corrected chi connectivity index (χ1v) is 2.72. The van der Waals surface area contributed by atoms with Crippen LogP contribution in [0.2, 0.25) is 0 Å². The molecule has 0 aromatic rings. The van der Waals surface area contributed by atoms with Gasteiger partial charge in [-0.1, -0.05) is 0 Å². The molecular formula is C5H15N3O3. The SMILES string of the molecule is C=O.CC(O)CN.NC(N)=O. The van der Waals surface area contributed by atoms with Gasteiger partial charge in [-0.15, -0.1) is 0 Å². The van der Waals surface area contributed by atoms with Gasteiger partial charge >= 0.3 is 6.03 Å².